The number of alkyl carbamates (subject to hydrolysis) is 1. The van der Waals surface area contributed by atoms with Crippen molar-refractivity contribution in [3.63, 3.8) is 0 Å². The molecule has 8 heteroatoms. The van der Waals surface area contributed by atoms with Gasteiger partial charge in [0, 0.05) is 25.4 Å². The second-order valence-corrected chi connectivity index (χ2v) is 9.86. The van der Waals surface area contributed by atoms with Gasteiger partial charge in [-0.15, -0.1) is 0 Å². The third-order valence-corrected chi connectivity index (χ3v) is 7.22. The van der Waals surface area contributed by atoms with E-state index in [1.807, 2.05) is 73.7 Å². The first kappa shape index (κ1) is 28.8. The molecule has 2 amide bonds. The number of amides is 2. The molecule has 0 radical (unpaired) electrons. The third kappa shape index (κ3) is 7.07. The van der Waals surface area contributed by atoms with Crippen molar-refractivity contribution >= 4 is 18.0 Å². The highest BCUT2D eigenvalue weighted by Crippen LogP contribution is 2.44. The van der Waals surface area contributed by atoms with Gasteiger partial charge in [-0.05, 0) is 48.1 Å². The van der Waals surface area contributed by atoms with Gasteiger partial charge in [0.05, 0.1) is 12.7 Å². The van der Waals surface area contributed by atoms with Gasteiger partial charge in [-0.25, -0.2) is 4.79 Å². The molecular formula is C32H36N2O6. The third-order valence-electron chi connectivity index (χ3n) is 7.22. The second-order valence-electron chi connectivity index (χ2n) is 9.86. The van der Waals surface area contributed by atoms with Gasteiger partial charge in [0.15, 0.2) is 0 Å². The van der Waals surface area contributed by atoms with Gasteiger partial charge < -0.3 is 24.8 Å². The maximum absolute atomic E-state index is 13.6. The molecule has 40 heavy (non-hydrogen) atoms. The second kappa shape index (κ2) is 13.8. The quantitative estimate of drug-likeness (QED) is 0.306. The number of nitrogens with one attached hydrogen (secondary N) is 1. The smallest absolute Gasteiger partial charge is 0.407 e. The molecule has 0 saturated carbocycles. The van der Waals surface area contributed by atoms with E-state index in [9.17, 15) is 14.4 Å². The van der Waals surface area contributed by atoms with E-state index in [4.69, 9.17) is 14.6 Å². The van der Waals surface area contributed by atoms with Crippen molar-refractivity contribution in [2.45, 2.75) is 51.4 Å². The first-order valence-electron chi connectivity index (χ1n) is 13.7. The van der Waals surface area contributed by atoms with Crippen molar-refractivity contribution in [3.8, 4) is 11.1 Å². The molecule has 3 aromatic carbocycles. The molecule has 0 fully saturated rings. The molecule has 1 aliphatic carbocycles. The van der Waals surface area contributed by atoms with Crippen LogP contribution in [0.1, 0.15) is 49.3 Å². The van der Waals surface area contributed by atoms with Gasteiger partial charge in [0.25, 0.3) is 0 Å². The zero-order valence-electron chi connectivity index (χ0n) is 22.9. The number of likely N-dealkylation sites (N-methyl/N-ethyl adjacent to an activating group) is 1. The minimum Gasteiger partial charge on any atom is -0.481 e. The molecule has 210 valence electrons. The number of nitrogens with zero attached hydrogens (tertiary/aromatic N) is 1. The van der Waals surface area contributed by atoms with Crippen molar-refractivity contribution in [2.24, 2.45) is 0 Å². The highest BCUT2D eigenvalue weighted by atomic mass is 16.5. The summed E-state index contributed by atoms with van der Waals surface area (Å²) in [4.78, 5) is 39.2. The summed E-state index contributed by atoms with van der Waals surface area (Å²) in [5.74, 6) is -1.37. The lowest BCUT2D eigenvalue weighted by Crippen LogP contribution is -2.54. The summed E-state index contributed by atoms with van der Waals surface area (Å²) in [6, 6.07) is 24.7. The van der Waals surface area contributed by atoms with E-state index < -0.39 is 24.2 Å². The maximum atomic E-state index is 13.6. The number of hydrogen-bond donors (Lipinski definition) is 2. The Hall–Kier alpha value is -4.17. The predicted octanol–water partition coefficient (Wildman–Crippen LogP) is 5.21. The minimum atomic E-state index is -1.01. The van der Waals surface area contributed by atoms with E-state index in [0.29, 0.717) is 13.0 Å². The lowest BCUT2D eigenvalue weighted by atomic mass is 9.98. The summed E-state index contributed by atoms with van der Waals surface area (Å²) in [6.07, 6.45) is -1.11. The molecule has 0 heterocycles. The number of carboxylic acids is 1. The average Bonchev–Trinajstić information content (AvgIpc) is 3.29. The van der Waals surface area contributed by atoms with Gasteiger partial charge in [0.1, 0.15) is 12.6 Å². The van der Waals surface area contributed by atoms with Gasteiger partial charge in [-0.3, -0.25) is 9.59 Å². The van der Waals surface area contributed by atoms with E-state index >= 15 is 0 Å². The average molecular weight is 545 g/mol. The van der Waals surface area contributed by atoms with Gasteiger partial charge in [-0.1, -0.05) is 78.9 Å². The van der Waals surface area contributed by atoms with Crippen LogP contribution in [0.15, 0.2) is 78.9 Å². The monoisotopic (exact) mass is 544 g/mol. The molecule has 4 rings (SSSR count). The largest absolute Gasteiger partial charge is 0.481 e. The van der Waals surface area contributed by atoms with Crippen LogP contribution in [0, 0.1) is 0 Å². The Morgan fingerprint density at radius 2 is 1.52 bits per heavy atom. The molecule has 2 unspecified atom stereocenters. The molecule has 2 atom stereocenters. The van der Waals surface area contributed by atoms with E-state index in [-0.39, 0.29) is 38.0 Å². The van der Waals surface area contributed by atoms with Crippen LogP contribution in [0.5, 0.6) is 0 Å². The summed E-state index contributed by atoms with van der Waals surface area (Å²) in [5, 5.41) is 11.8. The highest BCUT2D eigenvalue weighted by Gasteiger charge is 2.33. The number of hydrogen-bond acceptors (Lipinski definition) is 5. The van der Waals surface area contributed by atoms with Crippen LogP contribution < -0.4 is 5.32 Å². The molecule has 0 aromatic heterocycles. The summed E-state index contributed by atoms with van der Waals surface area (Å²) < 4.78 is 11.7. The van der Waals surface area contributed by atoms with Gasteiger partial charge in [0.2, 0.25) is 5.91 Å². The van der Waals surface area contributed by atoms with E-state index in [1.165, 1.54) is 0 Å². The van der Waals surface area contributed by atoms with Gasteiger partial charge >= 0.3 is 12.1 Å². The van der Waals surface area contributed by atoms with Crippen molar-refractivity contribution in [1.29, 1.82) is 0 Å². The number of ether oxygens (including phenoxy) is 2. The Morgan fingerprint density at radius 1 is 0.925 bits per heavy atom. The summed E-state index contributed by atoms with van der Waals surface area (Å²) in [5.41, 5.74) is 5.39. The highest BCUT2D eigenvalue weighted by molar-refractivity contribution is 5.86. The predicted molar refractivity (Wildman–Crippen MR) is 152 cm³/mol. The molecule has 0 spiro atoms. The molecule has 1 aliphatic rings. The van der Waals surface area contributed by atoms with Crippen molar-refractivity contribution in [2.75, 3.05) is 19.7 Å². The van der Waals surface area contributed by atoms with Crippen LogP contribution in [0.3, 0.4) is 0 Å². The number of benzene rings is 3. The van der Waals surface area contributed by atoms with Crippen LogP contribution >= 0.6 is 0 Å². The molecule has 3 aromatic rings. The Kier molecular flexibility index (Phi) is 9.91. The maximum Gasteiger partial charge on any atom is 0.407 e. The van der Waals surface area contributed by atoms with E-state index in [2.05, 4.69) is 17.4 Å². The normalized spacial score (nSPS) is 13.6. The molecule has 0 saturated heterocycles. The molecule has 0 bridgehead atoms. The van der Waals surface area contributed by atoms with Crippen molar-refractivity contribution in [1.82, 2.24) is 10.2 Å². The fourth-order valence-electron chi connectivity index (χ4n) is 5.09. The van der Waals surface area contributed by atoms with Crippen LogP contribution in [0.4, 0.5) is 4.79 Å². The summed E-state index contributed by atoms with van der Waals surface area (Å²) >= 11 is 0. The molecular weight excluding hydrogens is 508 g/mol. The van der Waals surface area contributed by atoms with Crippen LogP contribution in [0.25, 0.3) is 11.1 Å². The number of fused-ring (bicyclic) bond motifs is 3. The lowest BCUT2D eigenvalue weighted by Gasteiger charge is -2.30. The summed E-state index contributed by atoms with van der Waals surface area (Å²) in [6.45, 7) is 4.57. The van der Waals surface area contributed by atoms with Crippen LogP contribution in [-0.2, 0) is 25.7 Å². The number of carboxylic acid groups (broad SMARTS) is 1. The van der Waals surface area contributed by atoms with E-state index in [0.717, 1.165) is 27.8 Å². The van der Waals surface area contributed by atoms with Crippen molar-refractivity contribution in [3.05, 3.63) is 95.6 Å². The topological polar surface area (TPSA) is 105 Å². The Morgan fingerprint density at radius 3 is 2.12 bits per heavy atom. The Bertz CT molecular complexity index is 1270. The van der Waals surface area contributed by atoms with Crippen LogP contribution in [0.2, 0.25) is 0 Å². The lowest BCUT2D eigenvalue weighted by molar-refractivity contribution is -0.140. The molecule has 8 nitrogen and oxygen atoms in total. The molecule has 2 N–H and O–H groups in total. The number of carbonyl (C=O) groups is 3. The first-order valence-corrected chi connectivity index (χ1v) is 13.7. The summed E-state index contributed by atoms with van der Waals surface area (Å²) in [7, 11) is 0. The van der Waals surface area contributed by atoms with Crippen molar-refractivity contribution < 1.29 is 29.0 Å². The fraction of sp³-hybridized carbons (Fsp3) is 0.344. The van der Waals surface area contributed by atoms with E-state index in [1.54, 1.807) is 11.8 Å². The number of aliphatic carboxylic acids is 1. The van der Waals surface area contributed by atoms with Gasteiger partial charge in [-0.2, -0.15) is 0 Å². The minimum absolute atomic E-state index is 0.0473. The zero-order chi connectivity index (χ0) is 28.5. The zero-order valence-corrected chi connectivity index (χ0v) is 22.9. The Labute approximate surface area is 234 Å². The fourth-order valence-corrected chi connectivity index (χ4v) is 5.09. The molecule has 0 aliphatic heterocycles. The Balaban J connectivity index is 1.45. The number of carbonyl (C=O) groups excluding carboxylic acids is 2. The number of rotatable bonds is 13. The SMILES string of the molecule is CCN(CCCC(=O)O)C(=O)C(NC(=O)OCC1c2ccccc2-c2ccccc21)C(C)OCc1ccccc1. The first-order chi connectivity index (χ1) is 19.4. The standard InChI is InChI=1S/C32H36N2O6/c1-3-34(19-11-18-29(35)36)31(37)30(22(2)39-20-23-12-5-4-6-13-23)33-32(38)40-21-28-26-16-9-7-14-24(26)25-15-8-10-17-27(25)28/h4-10,12-17,22,28,30H,3,11,18-21H2,1-2H3,(H,33,38)(H,35,36). The van der Waals surface area contributed by atoms with Crippen LogP contribution in [-0.4, -0.2) is 59.8 Å².